The molecule has 0 radical (unpaired) electrons. The maximum Gasteiger partial charge on any atom is 0.273 e. The molecule has 0 atom stereocenters. The fourth-order valence-electron chi connectivity index (χ4n) is 3.09. The second kappa shape index (κ2) is 3.25. The summed E-state index contributed by atoms with van der Waals surface area (Å²) in [5.41, 5.74) is 4.17. The molecule has 5 heterocycles. The van der Waals surface area contributed by atoms with Gasteiger partial charge in [-0.15, -0.1) is 0 Å². The van der Waals surface area contributed by atoms with Crippen LogP contribution in [0.2, 0.25) is 0 Å². The van der Waals surface area contributed by atoms with Gasteiger partial charge in [-0.25, -0.2) is 14.0 Å². The minimum absolute atomic E-state index is 0.618. The van der Waals surface area contributed by atoms with Gasteiger partial charge in [0, 0.05) is 17.8 Å². The summed E-state index contributed by atoms with van der Waals surface area (Å²) < 4.78 is 29.4. The Labute approximate surface area is 119 Å². The number of fused-ring (bicyclic) bond motifs is 7. The average molecular weight is 265 g/mol. The van der Waals surface area contributed by atoms with Gasteiger partial charge in [-0.1, -0.05) is 6.07 Å². The molecule has 0 unspecified atom stereocenters. The molecule has 1 aliphatic rings. The summed E-state index contributed by atoms with van der Waals surface area (Å²) >= 11 is 0. The van der Waals surface area contributed by atoms with Crippen molar-refractivity contribution in [1.82, 2.24) is 18.9 Å². The second-order valence-electron chi connectivity index (χ2n) is 4.98. The molecule has 0 amide bonds. The molecule has 0 spiro atoms. The van der Waals surface area contributed by atoms with E-state index in [0.717, 1.165) is 22.4 Å². The van der Waals surface area contributed by atoms with Crippen molar-refractivity contribution in [3.05, 3.63) is 48.5 Å². The Hall–Kier alpha value is -2.69. The van der Waals surface area contributed by atoms with E-state index < -0.39 is 6.98 Å². The monoisotopic (exact) mass is 265 g/mol. The van der Waals surface area contributed by atoms with Crippen molar-refractivity contribution in [3.63, 3.8) is 0 Å². The summed E-state index contributed by atoms with van der Waals surface area (Å²) in [4.78, 5) is 8.54. The van der Waals surface area contributed by atoms with Crippen LogP contribution in [0, 0.1) is 0 Å². The van der Waals surface area contributed by atoms with Gasteiger partial charge in [-0.3, -0.25) is 9.55 Å². The normalized spacial score (nSPS) is 15.9. The van der Waals surface area contributed by atoms with Gasteiger partial charge < -0.3 is 0 Å². The molecule has 0 bridgehead atoms. The zero-order chi connectivity index (χ0) is 15.8. The number of pyridine rings is 1. The Morgan fingerprint density at radius 2 is 2.40 bits per heavy atom. The van der Waals surface area contributed by atoms with Gasteiger partial charge in [0.1, 0.15) is 11.2 Å². The van der Waals surface area contributed by atoms with Crippen LogP contribution in [-0.4, -0.2) is 18.9 Å². The van der Waals surface area contributed by atoms with Crippen molar-refractivity contribution in [3.8, 4) is 11.5 Å². The van der Waals surface area contributed by atoms with Crippen molar-refractivity contribution in [2.24, 2.45) is 6.98 Å². The number of hydrogen-bond donors (Lipinski definition) is 0. The van der Waals surface area contributed by atoms with Crippen molar-refractivity contribution in [1.29, 1.82) is 0 Å². The molecule has 4 aromatic rings. The number of aryl methyl sites for hydroxylation is 1. The standard InChI is InChI=1S/C15H12N5/c1-18-12-7-11-8-16-5-6-19(11)14(12)20-9-10-3-2-4-17-13(10)15(18)20/h2-8H,9H2,1H3/q+1/i1D3. The smallest absolute Gasteiger partial charge is 0.258 e. The summed E-state index contributed by atoms with van der Waals surface area (Å²) in [5.74, 6) is 0.636. The van der Waals surface area contributed by atoms with E-state index in [1.54, 1.807) is 18.6 Å². The molecule has 96 valence electrons. The Bertz CT molecular complexity index is 1090. The molecule has 0 fully saturated rings. The van der Waals surface area contributed by atoms with Crippen LogP contribution < -0.4 is 4.57 Å². The third-order valence-corrected chi connectivity index (χ3v) is 3.92. The molecule has 0 saturated carbocycles. The van der Waals surface area contributed by atoms with Crippen molar-refractivity contribution in [2.75, 3.05) is 0 Å². The first kappa shape index (κ1) is 7.79. The number of aromatic nitrogens is 5. The van der Waals surface area contributed by atoms with Gasteiger partial charge in [0.15, 0.2) is 5.52 Å². The van der Waals surface area contributed by atoms with Crippen molar-refractivity contribution in [2.45, 2.75) is 6.54 Å². The molecule has 4 aromatic heterocycles. The first-order valence-electron chi connectivity index (χ1n) is 7.90. The Kier molecular flexibility index (Phi) is 1.27. The van der Waals surface area contributed by atoms with Gasteiger partial charge in [0.2, 0.25) is 0 Å². The van der Waals surface area contributed by atoms with Crippen LogP contribution in [0.15, 0.2) is 43.0 Å². The van der Waals surface area contributed by atoms with Crippen molar-refractivity contribution >= 4 is 16.7 Å². The highest BCUT2D eigenvalue weighted by Gasteiger charge is 2.33. The summed E-state index contributed by atoms with van der Waals surface area (Å²) in [6.07, 6.45) is 6.99. The van der Waals surface area contributed by atoms with Crippen LogP contribution in [0.3, 0.4) is 0 Å². The van der Waals surface area contributed by atoms with E-state index >= 15 is 0 Å². The SMILES string of the molecule is [2H]C([2H])([2H])n1c2[n+](c3c1cc1cnccn13)Cc1cccnc1-2. The third kappa shape index (κ3) is 1.02. The van der Waals surface area contributed by atoms with Gasteiger partial charge in [-0.2, -0.15) is 0 Å². The van der Waals surface area contributed by atoms with Crippen LogP contribution in [0.4, 0.5) is 0 Å². The molecule has 0 N–H and O–H groups in total. The predicted molar refractivity (Wildman–Crippen MR) is 74.2 cm³/mol. The highest BCUT2D eigenvalue weighted by Crippen LogP contribution is 2.29. The van der Waals surface area contributed by atoms with E-state index in [2.05, 4.69) is 9.97 Å². The summed E-state index contributed by atoms with van der Waals surface area (Å²) in [6.45, 7) is -1.66. The Morgan fingerprint density at radius 3 is 3.35 bits per heavy atom. The molecule has 0 aliphatic carbocycles. The van der Waals surface area contributed by atoms with E-state index in [-0.39, 0.29) is 0 Å². The number of hydrogen-bond acceptors (Lipinski definition) is 2. The van der Waals surface area contributed by atoms with Crippen LogP contribution in [-0.2, 0) is 13.5 Å². The van der Waals surface area contributed by atoms with Gasteiger partial charge in [-0.05, 0) is 6.07 Å². The molecule has 20 heavy (non-hydrogen) atoms. The quantitative estimate of drug-likeness (QED) is 0.398. The average Bonchev–Trinajstić information content (AvgIpc) is 3.12. The Balaban J connectivity index is 2.01. The number of rotatable bonds is 0. The molecule has 5 heteroatoms. The lowest BCUT2D eigenvalue weighted by molar-refractivity contribution is -0.648. The third-order valence-electron chi connectivity index (χ3n) is 3.92. The first-order valence-corrected chi connectivity index (χ1v) is 6.40. The first-order chi connectivity index (χ1) is 11.1. The minimum Gasteiger partial charge on any atom is -0.258 e. The molecule has 0 aromatic carbocycles. The molecular weight excluding hydrogens is 250 g/mol. The highest BCUT2D eigenvalue weighted by molar-refractivity contribution is 5.82. The van der Waals surface area contributed by atoms with E-state index in [1.165, 1.54) is 4.57 Å². The fraction of sp³-hybridized carbons (Fsp3) is 0.133. The molecule has 0 saturated heterocycles. The maximum absolute atomic E-state index is 7.99. The lowest BCUT2D eigenvalue weighted by Crippen LogP contribution is -2.32. The molecule has 5 nitrogen and oxygen atoms in total. The van der Waals surface area contributed by atoms with Crippen LogP contribution in [0.1, 0.15) is 9.68 Å². The second-order valence-corrected chi connectivity index (χ2v) is 4.98. The summed E-state index contributed by atoms with van der Waals surface area (Å²) in [5, 5.41) is 0. The topological polar surface area (TPSA) is 39.0 Å². The van der Waals surface area contributed by atoms with Crippen LogP contribution in [0.25, 0.3) is 28.2 Å². The largest absolute Gasteiger partial charge is 0.273 e. The lowest BCUT2D eigenvalue weighted by atomic mass is 10.2. The number of imidazole rings is 1. The van der Waals surface area contributed by atoms with Crippen LogP contribution in [0.5, 0.6) is 0 Å². The molecule has 5 rings (SSSR count). The zero-order valence-electron chi connectivity index (χ0n) is 13.5. The van der Waals surface area contributed by atoms with Gasteiger partial charge in [0.05, 0.1) is 36.2 Å². The summed E-state index contributed by atoms with van der Waals surface area (Å²) in [6, 6.07) is 5.73. The van der Waals surface area contributed by atoms with Gasteiger partial charge in [0.25, 0.3) is 11.5 Å². The zero-order valence-corrected chi connectivity index (χ0v) is 10.5. The Morgan fingerprint density at radius 1 is 1.40 bits per heavy atom. The van der Waals surface area contributed by atoms with E-state index in [9.17, 15) is 0 Å². The van der Waals surface area contributed by atoms with E-state index in [1.807, 2.05) is 33.4 Å². The summed E-state index contributed by atoms with van der Waals surface area (Å²) in [7, 11) is 0. The minimum atomic E-state index is -2.28. The molecular formula is C15H12N5+. The van der Waals surface area contributed by atoms with E-state index in [4.69, 9.17) is 4.11 Å². The lowest BCUT2D eigenvalue weighted by Gasteiger charge is -1.95. The highest BCUT2D eigenvalue weighted by atomic mass is 15.2. The number of nitrogens with zero attached hydrogens (tertiary/aromatic N) is 5. The predicted octanol–water partition coefficient (Wildman–Crippen LogP) is 1.54. The van der Waals surface area contributed by atoms with Gasteiger partial charge >= 0.3 is 0 Å². The maximum atomic E-state index is 7.99. The van der Waals surface area contributed by atoms with E-state index in [0.29, 0.717) is 17.9 Å². The van der Waals surface area contributed by atoms with Crippen molar-refractivity contribution < 1.29 is 8.68 Å². The van der Waals surface area contributed by atoms with Crippen LogP contribution >= 0.6 is 0 Å². The fourth-order valence-corrected chi connectivity index (χ4v) is 3.09. The molecule has 1 aliphatic heterocycles.